The van der Waals surface area contributed by atoms with Gasteiger partial charge in [0.05, 0.1) is 10.6 Å². The minimum absolute atomic E-state index is 0.0673. The van der Waals surface area contributed by atoms with Gasteiger partial charge in [-0.25, -0.2) is 8.42 Å². The molecule has 0 fully saturated rings. The Kier molecular flexibility index (Phi) is 11.2. The Morgan fingerprint density at radius 3 is 2.00 bits per heavy atom. The van der Waals surface area contributed by atoms with Gasteiger partial charge in [-0.1, -0.05) is 85.3 Å². The van der Waals surface area contributed by atoms with Gasteiger partial charge in [0.15, 0.2) is 0 Å². The zero-order valence-corrected chi connectivity index (χ0v) is 26.8. The second kappa shape index (κ2) is 15.0. The molecule has 0 aliphatic heterocycles. The molecule has 44 heavy (non-hydrogen) atoms. The Morgan fingerprint density at radius 2 is 1.41 bits per heavy atom. The van der Waals surface area contributed by atoms with E-state index in [4.69, 9.17) is 11.6 Å². The lowest BCUT2D eigenvalue weighted by atomic mass is 10.0. The molecule has 0 bridgehead atoms. The predicted molar refractivity (Wildman–Crippen MR) is 176 cm³/mol. The molecule has 4 aromatic carbocycles. The summed E-state index contributed by atoms with van der Waals surface area (Å²) in [4.78, 5) is 29.7. The molecule has 1 atom stereocenters. The van der Waals surface area contributed by atoms with Crippen LogP contribution in [0.3, 0.4) is 0 Å². The van der Waals surface area contributed by atoms with Crippen LogP contribution in [0.2, 0.25) is 5.02 Å². The molecule has 0 saturated carbocycles. The first kappa shape index (κ1) is 32.8. The minimum Gasteiger partial charge on any atom is -0.354 e. The van der Waals surface area contributed by atoms with E-state index in [1.165, 1.54) is 17.0 Å². The van der Waals surface area contributed by atoms with E-state index < -0.39 is 28.5 Å². The van der Waals surface area contributed by atoms with Gasteiger partial charge >= 0.3 is 0 Å². The van der Waals surface area contributed by atoms with E-state index in [9.17, 15) is 18.0 Å². The van der Waals surface area contributed by atoms with Crippen molar-refractivity contribution in [3.8, 4) is 0 Å². The fourth-order valence-electron chi connectivity index (χ4n) is 5.05. The summed E-state index contributed by atoms with van der Waals surface area (Å²) in [6.07, 6.45) is 0.982. The first-order chi connectivity index (χ1) is 21.1. The maximum atomic E-state index is 14.5. The first-order valence-corrected chi connectivity index (χ1v) is 16.4. The molecule has 0 aliphatic carbocycles. The summed E-state index contributed by atoms with van der Waals surface area (Å²) >= 11 is 6.14. The third-order valence-electron chi connectivity index (χ3n) is 7.19. The Bertz CT molecular complexity index is 1640. The second-order valence-electron chi connectivity index (χ2n) is 10.8. The Labute approximate surface area is 265 Å². The van der Waals surface area contributed by atoms with E-state index in [1.54, 1.807) is 54.6 Å². The quantitative estimate of drug-likeness (QED) is 0.187. The number of nitrogens with zero attached hydrogens (tertiary/aromatic N) is 2. The van der Waals surface area contributed by atoms with Crippen LogP contribution in [-0.2, 0) is 32.6 Å². The fraction of sp³-hybridized carbons (Fsp3) is 0.257. The standard InChI is InChI=1S/C35H38ClN3O4S/c1-4-19-37-35(41)33(23-28-11-7-5-8-12-28)38(24-29-15-17-30(36)18-16-29)34(40)25-39(31-21-26(2)20-27(3)22-31)44(42,43)32-13-9-6-10-14-32/h5-18,20-22,33H,4,19,23-25H2,1-3H3,(H,37,41)/t33-/m0/s1. The Balaban J connectivity index is 1.81. The van der Waals surface area contributed by atoms with E-state index in [0.29, 0.717) is 17.3 Å². The van der Waals surface area contributed by atoms with Gasteiger partial charge in [0.1, 0.15) is 12.6 Å². The maximum Gasteiger partial charge on any atom is 0.264 e. The number of carbonyl (C=O) groups is 2. The summed E-state index contributed by atoms with van der Waals surface area (Å²) < 4.78 is 29.4. The number of hydrogen-bond donors (Lipinski definition) is 1. The van der Waals surface area contributed by atoms with E-state index in [0.717, 1.165) is 33.0 Å². The number of amides is 2. The van der Waals surface area contributed by atoms with Gasteiger partial charge in [0.2, 0.25) is 11.8 Å². The largest absolute Gasteiger partial charge is 0.354 e. The zero-order chi connectivity index (χ0) is 31.7. The van der Waals surface area contributed by atoms with Gasteiger partial charge in [0.25, 0.3) is 10.0 Å². The third kappa shape index (κ3) is 8.49. The number of sulfonamides is 1. The van der Waals surface area contributed by atoms with Crippen molar-refractivity contribution in [2.45, 2.75) is 51.1 Å². The average molecular weight is 632 g/mol. The van der Waals surface area contributed by atoms with Crippen LogP contribution in [-0.4, -0.2) is 44.3 Å². The number of rotatable bonds is 13. The van der Waals surface area contributed by atoms with Crippen LogP contribution in [0, 0.1) is 13.8 Å². The van der Waals surface area contributed by atoms with Crippen LogP contribution in [0.5, 0.6) is 0 Å². The van der Waals surface area contributed by atoms with E-state index in [1.807, 2.05) is 57.2 Å². The van der Waals surface area contributed by atoms with Gasteiger partial charge in [0, 0.05) is 24.5 Å². The van der Waals surface area contributed by atoms with Gasteiger partial charge < -0.3 is 10.2 Å². The number of aryl methyl sites for hydroxylation is 2. The van der Waals surface area contributed by atoms with Crippen LogP contribution in [0.15, 0.2) is 108 Å². The van der Waals surface area contributed by atoms with Crippen LogP contribution < -0.4 is 9.62 Å². The summed E-state index contributed by atoms with van der Waals surface area (Å²) in [5, 5.41) is 3.50. The summed E-state index contributed by atoms with van der Waals surface area (Å²) in [7, 11) is -4.15. The number of carbonyl (C=O) groups excluding carboxylic acids is 2. The molecule has 2 amide bonds. The average Bonchev–Trinajstić information content (AvgIpc) is 3.01. The molecule has 7 nitrogen and oxygen atoms in total. The van der Waals surface area contributed by atoms with Crippen molar-refractivity contribution in [3.05, 3.63) is 130 Å². The SMILES string of the molecule is CCCNC(=O)[C@H](Cc1ccccc1)N(Cc1ccc(Cl)cc1)C(=O)CN(c1cc(C)cc(C)c1)S(=O)(=O)c1ccccc1. The van der Waals surface area contributed by atoms with E-state index >= 15 is 0 Å². The monoisotopic (exact) mass is 631 g/mol. The molecule has 0 radical (unpaired) electrons. The predicted octanol–water partition coefficient (Wildman–Crippen LogP) is 6.32. The maximum absolute atomic E-state index is 14.5. The Hall–Kier alpha value is -4.14. The number of anilines is 1. The smallest absolute Gasteiger partial charge is 0.264 e. The highest BCUT2D eigenvalue weighted by Crippen LogP contribution is 2.27. The summed E-state index contributed by atoms with van der Waals surface area (Å²) in [5.41, 5.74) is 3.73. The summed E-state index contributed by atoms with van der Waals surface area (Å²) in [5.74, 6) is -0.812. The molecule has 230 valence electrons. The van der Waals surface area contributed by atoms with Crippen molar-refractivity contribution in [2.75, 3.05) is 17.4 Å². The number of nitrogens with one attached hydrogen (secondary N) is 1. The van der Waals surface area contributed by atoms with E-state index in [-0.39, 0.29) is 23.8 Å². The summed E-state index contributed by atoms with van der Waals surface area (Å²) in [6, 6.07) is 29.1. The van der Waals surface area contributed by atoms with Gasteiger partial charge in [-0.2, -0.15) is 0 Å². The lowest BCUT2D eigenvalue weighted by Gasteiger charge is -2.34. The minimum atomic E-state index is -4.15. The third-order valence-corrected chi connectivity index (χ3v) is 9.23. The molecule has 0 heterocycles. The molecule has 9 heteroatoms. The fourth-order valence-corrected chi connectivity index (χ4v) is 6.59. The number of hydrogen-bond acceptors (Lipinski definition) is 4. The topological polar surface area (TPSA) is 86.8 Å². The molecule has 4 aromatic rings. The highest BCUT2D eigenvalue weighted by Gasteiger charge is 2.34. The summed E-state index contributed by atoms with van der Waals surface area (Å²) in [6.45, 7) is 5.75. The van der Waals surface area contributed by atoms with Crippen LogP contribution >= 0.6 is 11.6 Å². The van der Waals surface area contributed by atoms with Crippen LogP contribution in [0.25, 0.3) is 0 Å². The van der Waals surface area contributed by atoms with E-state index in [2.05, 4.69) is 5.32 Å². The van der Waals surface area contributed by atoms with Crippen LogP contribution in [0.1, 0.15) is 35.6 Å². The number of halogens is 1. The van der Waals surface area contributed by atoms with Crippen molar-refractivity contribution >= 4 is 39.1 Å². The van der Waals surface area contributed by atoms with Gasteiger partial charge in [-0.3, -0.25) is 13.9 Å². The molecule has 1 N–H and O–H groups in total. The zero-order valence-electron chi connectivity index (χ0n) is 25.2. The molecule has 0 unspecified atom stereocenters. The molecule has 0 aliphatic rings. The van der Waals surface area contributed by atoms with Crippen molar-refractivity contribution in [3.63, 3.8) is 0 Å². The molecule has 0 aromatic heterocycles. The highest BCUT2D eigenvalue weighted by atomic mass is 35.5. The molecule has 0 saturated heterocycles. The molecule has 0 spiro atoms. The first-order valence-electron chi connectivity index (χ1n) is 14.6. The van der Waals surface area contributed by atoms with Crippen molar-refractivity contribution in [2.24, 2.45) is 0 Å². The lowest BCUT2D eigenvalue weighted by Crippen LogP contribution is -2.53. The molecular formula is C35H38ClN3O4S. The second-order valence-corrected chi connectivity index (χ2v) is 13.1. The van der Waals surface area contributed by atoms with Gasteiger partial charge in [-0.15, -0.1) is 0 Å². The molecular weight excluding hydrogens is 594 g/mol. The highest BCUT2D eigenvalue weighted by molar-refractivity contribution is 7.92. The van der Waals surface area contributed by atoms with Crippen LogP contribution in [0.4, 0.5) is 5.69 Å². The molecule has 4 rings (SSSR count). The van der Waals surface area contributed by atoms with Crippen molar-refractivity contribution in [1.29, 1.82) is 0 Å². The normalized spacial score (nSPS) is 11.9. The Morgan fingerprint density at radius 1 is 0.818 bits per heavy atom. The van der Waals surface area contributed by atoms with Gasteiger partial charge in [-0.05, 0) is 78.9 Å². The number of benzene rings is 4. The lowest BCUT2D eigenvalue weighted by molar-refractivity contribution is -0.140. The van der Waals surface area contributed by atoms with Crippen molar-refractivity contribution in [1.82, 2.24) is 10.2 Å². The van der Waals surface area contributed by atoms with Crippen molar-refractivity contribution < 1.29 is 18.0 Å².